The number of rotatable bonds is 7. The molecule has 0 saturated carbocycles. The molecule has 0 bridgehead atoms. The molecule has 0 radical (unpaired) electrons. The normalized spacial score (nSPS) is 10.7. The van der Waals surface area contributed by atoms with Gasteiger partial charge in [-0.25, -0.2) is 4.79 Å². The van der Waals surface area contributed by atoms with E-state index in [1.165, 1.54) is 0 Å². The second-order valence-electron chi connectivity index (χ2n) is 4.80. The van der Waals surface area contributed by atoms with Crippen LogP contribution in [0, 0.1) is 5.75 Å². The van der Waals surface area contributed by atoms with Gasteiger partial charge in [-0.2, -0.15) is 0 Å². The fraction of sp³-hybridized carbons (Fsp3) is 0.636. The molecule has 0 aromatic rings. The maximum absolute atomic E-state index is 10.3. The molecule has 22 heavy (non-hydrogen) atoms. The van der Waals surface area contributed by atoms with Crippen LogP contribution in [0.1, 0.15) is 12.8 Å². The predicted octanol–water partition coefficient (Wildman–Crippen LogP) is -0.985. The van der Waals surface area contributed by atoms with Gasteiger partial charge >= 0.3 is 73.0 Å². The average Bonchev–Trinajstić information content (AvgIpc) is 2.26. The predicted molar refractivity (Wildman–Crippen MR) is 72.6 cm³/mol. The van der Waals surface area contributed by atoms with Crippen LogP contribution in [0.3, 0.4) is 0 Å². The zero-order chi connectivity index (χ0) is 18.0. The molecule has 0 unspecified atom stereocenters. The second kappa shape index (κ2) is 10.1. The molecule has 0 fully saturated rings. The summed E-state index contributed by atoms with van der Waals surface area (Å²) in [7, 11) is 3.54. The summed E-state index contributed by atoms with van der Waals surface area (Å²) >= 11 is 0. The number of carboxylic acids is 3. The third kappa shape index (κ3) is 11.0. The minimum Gasteiger partial charge on any atom is -0.481 e. The first-order chi connectivity index (χ1) is 9.90. The van der Waals surface area contributed by atoms with Gasteiger partial charge in [-0.15, -0.1) is 0 Å². The van der Waals surface area contributed by atoms with Crippen LogP contribution < -0.4 is 0 Å². The molecule has 0 aliphatic rings. The monoisotopic (exact) mass is 340 g/mol. The van der Waals surface area contributed by atoms with Gasteiger partial charge in [-0.3, -0.25) is 9.59 Å². The van der Waals surface area contributed by atoms with Gasteiger partial charge in [0.05, 0.1) is 12.8 Å². The molecule has 11 heteroatoms. The minimum absolute atomic E-state index is 0.0928. The van der Waals surface area contributed by atoms with Crippen LogP contribution in [0.25, 0.3) is 0 Å². The molecule has 0 aliphatic heterocycles. The summed E-state index contributed by atoms with van der Waals surface area (Å²) in [5, 5.41) is 42.3. The molecular formula is C11H19NO9P+. The minimum atomic E-state index is -2.74. The van der Waals surface area contributed by atoms with Crippen LogP contribution in [0.5, 0.6) is 0 Å². The Morgan fingerprint density at radius 2 is 1.50 bits per heavy atom. The summed E-state index contributed by atoms with van der Waals surface area (Å²) in [6, 6.07) is 0. The smallest absolute Gasteiger partial charge is 0.336 e. The molecule has 0 aromatic carbocycles. The van der Waals surface area contributed by atoms with Crippen LogP contribution in [-0.4, -0.2) is 80.8 Å². The van der Waals surface area contributed by atoms with E-state index >= 15 is 0 Å². The largest absolute Gasteiger partial charge is 0.481 e. The van der Waals surface area contributed by atoms with E-state index in [2.05, 4.69) is 5.75 Å². The van der Waals surface area contributed by atoms with Crippen molar-refractivity contribution in [2.75, 3.05) is 27.2 Å². The molecule has 0 atom stereocenters. The van der Waals surface area contributed by atoms with Crippen molar-refractivity contribution in [3.05, 3.63) is 0 Å². The Morgan fingerprint density at radius 3 is 1.73 bits per heavy atom. The van der Waals surface area contributed by atoms with Crippen molar-refractivity contribution >= 4 is 25.8 Å². The van der Waals surface area contributed by atoms with Crippen molar-refractivity contribution in [1.29, 1.82) is 0 Å². The number of aliphatic hydroxyl groups excluding tert-OH is 1. The van der Waals surface area contributed by atoms with E-state index in [-0.39, 0.29) is 14.5 Å². The molecule has 0 amide bonds. The van der Waals surface area contributed by atoms with E-state index in [0.29, 0.717) is 11.0 Å². The Morgan fingerprint density at radius 1 is 1.09 bits per heavy atom. The number of likely N-dealkylation sites (N-methyl/N-ethyl adjacent to an activating group) is 1. The maximum atomic E-state index is 10.3. The summed E-state index contributed by atoms with van der Waals surface area (Å²) < 4.78 is 10.3. The topological polar surface area (TPSA) is 169 Å². The van der Waals surface area contributed by atoms with E-state index in [1.807, 2.05) is 14.1 Å². The molecule has 0 aromatic heterocycles. The van der Waals surface area contributed by atoms with Gasteiger partial charge in [0.15, 0.2) is 5.60 Å². The fourth-order valence-corrected chi connectivity index (χ4v) is 1.45. The Labute approximate surface area is 127 Å². The van der Waals surface area contributed by atoms with Crippen molar-refractivity contribution < 1.29 is 49.0 Å². The fourth-order valence-electron chi connectivity index (χ4n) is 1.12. The third-order valence-corrected chi connectivity index (χ3v) is 2.88. The van der Waals surface area contributed by atoms with E-state index < -0.39 is 36.4 Å². The molecule has 5 N–H and O–H groups in total. The molecule has 0 spiro atoms. The number of aliphatic hydroxyl groups is 2. The first-order valence-electron chi connectivity index (χ1n) is 5.83. The average molecular weight is 340 g/mol. The van der Waals surface area contributed by atoms with Crippen LogP contribution in [-0.2, 0) is 18.9 Å². The van der Waals surface area contributed by atoms with Gasteiger partial charge in [-0.05, 0) is 0 Å². The van der Waals surface area contributed by atoms with Gasteiger partial charge in [0.25, 0.3) is 0 Å². The Balaban J connectivity index is 0. The molecule has 0 aliphatic carbocycles. The number of aliphatic carboxylic acids is 3. The third-order valence-electron chi connectivity index (χ3n) is 2.26. The summed E-state index contributed by atoms with van der Waals surface area (Å²) in [5.41, 5.74) is -2.74. The number of nitrogens with zero attached hydrogens (tertiary/aromatic N) is 1. The Bertz CT molecular complexity index is 495. The quantitative estimate of drug-likeness (QED) is 0.288. The van der Waals surface area contributed by atoms with Gasteiger partial charge < -0.3 is 20.4 Å². The van der Waals surface area contributed by atoms with Crippen molar-refractivity contribution in [2.24, 2.45) is 0 Å². The van der Waals surface area contributed by atoms with Crippen molar-refractivity contribution in [2.45, 2.75) is 18.4 Å². The zero-order valence-electron chi connectivity index (χ0n) is 12.1. The Kier molecular flexibility index (Phi) is 10.4. The van der Waals surface area contributed by atoms with Crippen molar-refractivity contribution in [3.8, 4) is 5.75 Å². The number of quaternary nitrogens is 1. The SMILES string of the molecule is C[N+](C)(C#P=O)CCO.O=C(O)CC(O)(CC(=O)O)C(=O)O. The zero-order valence-corrected chi connectivity index (χ0v) is 13.0. The standard InChI is InChI=1S/C6H8O7.C5H11NO2P/c7-3(8)1-6(13,5(11)12)2-4(9)10;1-6(2,3-4-7)5-9-8/h13H,1-2H2,(H,7,8)(H,9,10)(H,11,12);7H,3-4H2,1-2H3/q;+1. The number of carboxylic acid groups (broad SMARTS) is 3. The summed E-state index contributed by atoms with van der Waals surface area (Å²) in [6.07, 6.45) is -2.29. The van der Waals surface area contributed by atoms with E-state index in [0.717, 1.165) is 0 Å². The summed E-state index contributed by atoms with van der Waals surface area (Å²) in [6.45, 7) is 0.644. The van der Waals surface area contributed by atoms with E-state index in [9.17, 15) is 18.9 Å². The van der Waals surface area contributed by atoms with Gasteiger partial charge in [0, 0.05) is 0 Å². The molecule has 0 rings (SSSR count). The van der Waals surface area contributed by atoms with Gasteiger partial charge in [0.2, 0.25) is 0 Å². The van der Waals surface area contributed by atoms with Gasteiger partial charge in [-0.1, -0.05) is 0 Å². The second-order valence-corrected chi connectivity index (χ2v) is 5.18. The molecule has 0 heterocycles. The molecule has 10 nitrogen and oxygen atoms in total. The van der Waals surface area contributed by atoms with Crippen LogP contribution >= 0.6 is 7.92 Å². The first-order valence-corrected chi connectivity index (χ1v) is 6.64. The first kappa shape index (κ1) is 22.6. The summed E-state index contributed by atoms with van der Waals surface area (Å²) in [5.74, 6) is -2.40. The van der Waals surface area contributed by atoms with Crippen LogP contribution in [0.15, 0.2) is 0 Å². The van der Waals surface area contributed by atoms with Crippen LogP contribution in [0.2, 0.25) is 0 Å². The molecule has 126 valence electrons. The van der Waals surface area contributed by atoms with Crippen molar-refractivity contribution in [1.82, 2.24) is 0 Å². The van der Waals surface area contributed by atoms with Gasteiger partial charge in [0.1, 0.15) is 0 Å². The maximum Gasteiger partial charge on any atom is 0.336 e. The van der Waals surface area contributed by atoms with Crippen LogP contribution in [0.4, 0.5) is 0 Å². The molecular weight excluding hydrogens is 321 g/mol. The number of carbonyl (C=O) groups is 3. The van der Waals surface area contributed by atoms with Crippen molar-refractivity contribution in [3.63, 3.8) is 0 Å². The Hall–Kier alpha value is -1.70. The summed E-state index contributed by atoms with van der Waals surface area (Å²) in [4.78, 5) is 30.5. The number of hydrogen-bond acceptors (Lipinski definition) is 6. The van der Waals surface area contributed by atoms with E-state index in [1.54, 1.807) is 0 Å². The number of hydrogen-bond donors (Lipinski definition) is 5. The van der Waals surface area contributed by atoms with E-state index in [4.69, 9.17) is 25.5 Å². The molecule has 0 saturated heterocycles.